The average Bonchev–Trinajstić information content (AvgIpc) is 1.41. The third-order valence-corrected chi connectivity index (χ3v) is 0. The van der Waals surface area contributed by atoms with Crippen molar-refractivity contribution < 1.29 is 20.2 Å². The first kappa shape index (κ1) is 16.5. The molecule has 0 atom stereocenters. The van der Waals surface area contributed by atoms with Crippen LogP contribution in [-0.2, 0) is 9.59 Å². The van der Waals surface area contributed by atoms with E-state index < -0.39 is 5.97 Å². The zero-order chi connectivity index (χ0) is 5.58. The summed E-state index contributed by atoms with van der Waals surface area (Å²) in [5.41, 5.74) is 0. The Bertz CT molecular complexity index is 38.2. The number of carbonyl (C=O) groups excluding carboxylic acids is 1. The van der Waals surface area contributed by atoms with E-state index in [1.54, 1.807) is 0 Å². The zero-order valence-corrected chi connectivity index (χ0v) is 3.97. The van der Waals surface area contributed by atoms with Crippen LogP contribution in [0.4, 0.5) is 0 Å². The normalized spacial score (nSPS) is 4.14. The fourth-order valence-corrected chi connectivity index (χ4v) is 0. The molecule has 0 unspecified atom stereocenters. The van der Waals surface area contributed by atoms with Gasteiger partial charge in [-0.1, -0.05) is 0 Å². The van der Waals surface area contributed by atoms with Crippen LogP contribution in [0.5, 0.6) is 0 Å². The summed E-state index contributed by atoms with van der Waals surface area (Å²) in [6, 6.07) is 0. The minimum Gasteiger partial charge on any atom is -0.481 e. The lowest BCUT2D eigenvalue weighted by molar-refractivity contribution is -0.134. The molecule has 0 aliphatic carbocycles. The average molecular weight is 108 g/mol. The number of hydrogen-bond donors (Lipinski definition) is 1. The Morgan fingerprint density at radius 3 is 1.57 bits per heavy atom. The van der Waals surface area contributed by atoms with Gasteiger partial charge in [0, 0.05) is 6.92 Å². The monoisotopic (exact) mass is 108 g/mol. The van der Waals surface area contributed by atoms with E-state index in [2.05, 4.69) is 0 Å². The van der Waals surface area contributed by atoms with Crippen LogP contribution < -0.4 is 0 Å². The van der Waals surface area contributed by atoms with Crippen LogP contribution in [0.3, 0.4) is 0 Å². The Morgan fingerprint density at radius 2 is 1.57 bits per heavy atom. The molecule has 4 nitrogen and oxygen atoms in total. The van der Waals surface area contributed by atoms with Gasteiger partial charge in [0.25, 0.3) is 5.97 Å². The number of carbonyl (C=O) groups is 2. The molecule has 0 rings (SSSR count). The first-order chi connectivity index (χ1) is 2.73. The number of carboxylic acid groups (broad SMARTS) is 1. The van der Waals surface area contributed by atoms with Crippen LogP contribution in [0.1, 0.15) is 6.92 Å². The van der Waals surface area contributed by atoms with Gasteiger partial charge < -0.3 is 15.4 Å². The molecule has 0 saturated carbocycles. The second kappa shape index (κ2) is 19.4. The highest BCUT2D eigenvalue weighted by molar-refractivity contribution is 5.62. The van der Waals surface area contributed by atoms with E-state index in [1.807, 2.05) is 6.79 Å². The zero-order valence-electron chi connectivity index (χ0n) is 3.97. The van der Waals surface area contributed by atoms with Gasteiger partial charge in [-0.15, -0.1) is 0 Å². The van der Waals surface area contributed by atoms with Gasteiger partial charge >= 0.3 is 0 Å². The quantitative estimate of drug-likeness (QED) is 0.435. The van der Waals surface area contributed by atoms with Crippen molar-refractivity contribution in [3.8, 4) is 0 Å². The molecule has 4 heteroatoms. The molecule has 0 aromatic heterocycles. The van der Waals surface area contributed by atoms with E-state index in [9.17, 15) is 0 Å². The maximum absolute atomic E-state index is 9.00. The molecule has 0 aromatic carbocycles. The largest absolute Gasteiger partial charge is 0.481 e. The lowest BCUT2D eigenvalue weighted by Crippen LogP contribution is -1.78. The van der Waals surface area contributed by atoms with Gasteiger partial charge in [0.2, 0.25) is 0 Å². The molecule has 3 N–H and O–H groups in total. The first-order valence-corrected chi connectivity index (χ1v) is 1.22. The summed E-state index contributed by atoms with van der Waals surface area (Å²) >= 11 is 0. The minimum atomic E-state index is -0.833. The highest BCUT2D eigenvalue weighted by Gasteiger charge is 1.65. The summed E-state index contributed by atoms with van der Waals surface area (Å²) in [5, 5.41) is 7.42. The Morgan fingerprint density at radius 1 is 1.57 bits per heavy atom. The third-order valence-electron chi connectivity index (χ3n) is 0. The van der Waals surface area contributed by atoms with Crippen LogP contribution in [0, 0.1) is 0 Å². The van der Waals surface area contributed by atoms with E-state index in [-0.39, 0.29) is 5.48 Å². The lowest BCUT2D eigenvalue weighted by Gasteiger charge is -1.59. The van der Waals surface area contributed by atoms with Crippen molar-refractivity contribution in [2.45, 2.75) is 6.92 Å². The Labute approximate surface area is 41.1 Å². The summed E-state index contributed by atoms with van der Waals surface area (Å²) in [6.07, 6.45) is 0. The standard InChI is InChI=1S/C2H4O2.CH2O.H2O/c1-2(3)4;1-2;/h1H3,(H,3,4);1H2;1H2. The highest BCUT2D eigenvalue weighted by atomic mass is 16.4. The van der Waals surface area contributed by atoms with E-state index in [0.29, 0.717) is 0 Å². The van der Waals surface area contributed by atoms with E-state index in [0.717, 1.165) is 6.92 Å². The molecule has 0 fully saturated rings. The summed E-state index contributed by atoms with van der Waals surface area (Å²) in [5.74, 6) is -0.833. The van der Waals surface area contributed by atoms with Crippen molar-refractivity contribution in [2.75, 3.05) is 0 Å². The molecule has 0 amide bonds. The SMILES string of the molecule is C=O.CC(=O)O.O. The van der Waals surface area contributed by atoms with Gasteiger partial charge in [0.05, 0.1) is 0 Å². The lowest BCUT2D eigenvalue weighted by atomic mass is 10.9. The predicted molar refractivity (Wildman–Crippen MR) is 24.0 cm³/mol. The third kappa shape index (κ3) is 60.5. The topological polar surface area (TPSA) is 85.9 Å². The van der Waals surface area contributed by atoms with Crippen LogP contribution in [-0.4, -0.2) is 23.3 Å². The molecule has 0 aliphatic heterocycles. The number of aliphatic carboxylic acids is 1. The molecule has 0 saturated heterocycles. The van der Waals surface area contributed by atoms with Crippen LogP contribution in [0.2, 0.25) is 0 Å². The second-order valence-electron chi connectivity index (χ2n) is 0.519. The Kier molecular flexibility index (Phi) is 45.9. The maximum atomic E-state index is 9.00. The van der Waals surface area contributed by atoms with Crippen LogP contribution in [0.25, 0.3) is 0 Å². The highest BCUT2D eigenvalue weighted by Crippen LogP contribution is 1.42. The molecule has 0 aliphatic rings. The van der Waals surface area contributed by atoms with Crippen LogP contribution in [0.15, 0.2) is 0 Å². The van der Waals surface area contributed by atoms with Crippen LogP contribution >= 0.6 is 0 Å². The Hall–Kier alpha value is -0.900. The van der Waals surface area contributed by atoms with Gasteiger partial charge in [-0.2, -0.15) is 0 Å². The van der Waals surface area contributed by atoms with Gasteiger partial charge in [-0.25, -0.2) is 0 Å². The maximum Gasteiger partial charge on any atom is 0.300 e. The molecule has 0 spiro atoms. The van der Waals surface area contributed by atoms with Crippen molar-refractivity contribution in [1.82, 2.24) is 0 Å². The molecular formula is C3H8O4. The van der Waals surface area contributed by atoms with Crippen molar-refractivity contribution in [2.24, 2.45) is 0 Å². The minimum absolute atomic E-state index is 0. The fraction of sp³-hybridized carbons (Fsp3) is 0.333. The smallest absolute Gasteiger partial charge is 0.300 e. The van der Waals surface area contributed by atoms with Crippen molar-refractivity contribution in [1.29, 1.82) is 0 Å². The molecular weight excluding hydrogens is 100 g/mol. The molecule has 7 heavy (non-hydrogen) atoms. The molecule has 44 valence electrons. The van der Waals surface area contributed by atoms with E-state index in [4.69, 9.17) is 14.7 Å². The molecule has 0 radical (unpaired) electrons. The summed E-state index contributed by atoms with van der Waals surface area (Å²) in [4.78, 5) is 17.0. The number of rotatable bonds is 0. The molecule has 0 heterocycles. The van der Waals surface area contributed by atoms with Crippen molar-refractivity contribution in [3.05, 3.63) is 0 Å². The van der Waals surface area contributed by atoms with Gasteiger partial charge in [-0.05, 0) is 0 Å². The predicted octanol–water partition coefficient (Wildman–Crippen LogP) is -0.919. The van der Waals surface area contributed by atoms with E-state index >= 15 is 0 Å². The number of hydrogen-bond acceptors (Lipinski definition) is 2. The Balaban J connectivity index is -0.0000000480. The number of carboxylic acids is 1. The van der Waals surface area contributed by atoms with Gasteiger partial charge in [0.1, 0.15) is 6.79 Å². The van der Waals surface area contributed by atoms with Crippen molar-refractivity contribution in [3.63, 3.8) is 0 Å². The van der Waals surface area contributed by atoms with Crippen molar-refractivity contribution >= 4 is 12.8 Å². The first-order valence-electron chi connectivity index (χ1n) is 1.22. The molecule has 0 aromatic rings. The van der Waals surface area contributed by atoms with Gasteiger partial charge in [-0.3, -0.25) is 4.79 Å². The summed E-state index contributed by atoms with van der Waals surface area (Å²) in [7, 11) is 0. The summed E-state index contributed by atoms with van der Waals surface area (Å²) < 4.78 is 0. The van der Waals surface area contributed by atoms with Gasteiger partial charge in [0.15, 0.2) is 0 Å². The van der Waals surface area contributed by atoms with E-state index in [1.165, 1.54) is 0 Å². The second-order valence-corrected chi connectivity index (χ2v) is 0.519. The fourth-order valence-electron chi connectivity index (χ4n) is 0. The summed E-state index contributed by atoms with van der Waals surface area (Å²) in [6.45, 7) is 3.08. The molecule has 0 bridgehead atoms.